The van der Waals surface area contributed by atoms with Crippen LogP contribution in [0.3, 0.4) is 0 Å². The van der Waals surface area contributed by atoms with Crippen LogP contribution in [0.25, 0.3) is 0 Å². The Morgan fingerprint density at radius 1 is 1.30 bits per heavy atom. The quantitative estimate of drug-likeness (QED) is 0.819. The van der Waals surface area contributed by atoms with E-state index < -0.39 is 9.84 Å². The van der Waals surface area contributed by atoms with Crippen molar-refractivity contribution in [3.05, 3.63) is 48.0 Å². The van der Waals surface area contributed by atoms with E-state index >= 15 is 0 Å². The summed E-state index contributed by atoms with van der Waals surface area (Å²) in [5.74, 6) is 0.539. The molecule has 0 spiro atoms. The van der Waals surface area contributed by atoms with Crippen molar-refractivity contribution in [2.45, 2.75) is 18.6 Å². The molecule has 27 heavy (non-hydrogen) atoms. The molecule has 2 aliphatic rings. The van der Waals surface area contributed by atoms with Gasteiger partial charge in [-0.3, -0.25) is 9.69 Å². The topological polar surface area (TPSA) is 95.6 Å². The van der Waals surface area contributed by atoms with E-state index in [-0.39, 0.29) is 29.5 Å². The lowest BCUT2D eigenvalue weighted by atomic mass is 10.0. The SMILES string of the molecule is COc1cccc(C(=O)N2CCN(Cc3cnc[nH]3)C3CS(=O)(=O)CC32)c1. The zero-order valence-corrected chi connectivity index (χ0v) is 15.9. The van der Waals surface area contributed by atoms with Gasteiger partial charge in [0, 0.05) is 43.1 Å². The summed E-state index contributed by atoms with van der Waals surface area (Å²) < 4.78 is 29.9. The Balaban J connectivity index is 1.59. The first-order valence-corrected chi connectivity index (χ1v) is 10.7. The van der Waals surface area contributed by atoms with Crippen molar-refractivity contribution in [1.82, 2.24) is 19.8 Å². The summed E-state index contributed by atoms with van der Waals surface area (Å²) in [6.45, 7) is 1.70. The summed E-state index contributed by atoms with van der Waals surface area (Å²) in [5, 5.41) is 0. The lowest BCUT2D eigenvalue weighted by Gasteiger charge is -2.43. The van der Waals surface area contributed by atoms with Gasteiger partial charge in [-0.15, -0.1) is 0 Å². The Hall–Kier alpha value is -2.39. The van der Waals surface area contributed by atoms with E-state index in [2.05, 4.69) is 14.9 Å². The van der Waals surface area contributed by atoms with Gasteiger partial charge in [0.05, 0.1) is 31.0 Å². The zero-order valence-electron chi connectivity index (χ0n) is 15.0. The molecule has 3 heterocycles. The highest BCUT2D eigenvalue weighted by molar-refractivity contribution is 7.91. The fourth-order valence-electron chi connectivity index (χ4n) is 3.99. The highest BCUT2D eigenvalue weighted by atomic mass is 32.2. The number of nitrogens with one attached hydrogen (secondary N) is 1. The van der Waals surface area contributed by atoms with E-state index in [1.54, 1.807) is 48.8 Å². The molecular formula is C18H22N4O4S. The van der Waals surface area contributed by atoms with Crippen molar-refractivity contribution in [2.75, 3.05) is 31.7 Å². The Morgan fingerprint density at radius 3 is 2.85 bits per heavy atom. The third-order valence-electron chi connectivity index (χ3n) is 5.30. The van der Waals surface area contributed by atoms with E-state index in [0.29, 0.717) is 30.9 Å². The number of piperazine rings is 1. The fourth-order valence-corrected chi connectivity index (χ4v) is 6.00. The molecule has 2 saturated heterocycles. The number of H-pyrrole nitrogens is 1. The number of rotatable bonds is 4. The van der Waals surface area contributed by atoms with Crippen LogP contribution in [0, 0.1) is 0 Å². The molecule has 0 bridgehead atoms. The number of aromatic amines is 1. The van der Waals surface area contributed by atoms with Crippen LogP contribution in [0.15, 0.2) is 36.8 Å². The first kappa shape index (κ1) is 18.0. The number of hydrogen-bond acceptors (Lipinski definition) is 6. The van der Waals surface area contributed by atoms with Crippen LogP contribution in [0.2, 0.25) is 0 Å². The smallest absolute Gasteiger partial charge is 0.254 e. The van der Waals surface area contributed by atoms with Crippen LogP contribution in [-0.2, 0) is 16.4 Å². The summed E-state index contributed by atoms with van der Waals surface area (Å²) in [7, 11) is -1.64. The molecule has 2 fully saturated rings. The molecule has 2 aliphatic heterocycles. The number of carbonyl (C=O) groups is 1. The van der Waals surface area contributed by atoms with E-state index in [0.717, 1.165) is 5.69 Å². The molecule has 2 atom stereocenters. The number of hydrogen-bond donors (Lipinski definition) is 1. The lowest BCUT2D eigenvalue weighted by molar-refractivity contribution is 0.0302. The molecule has 1 N–H and O–H groups in total. The first-order valence-electron chi connectivity index (χ1n) is 8.83. The number of benzene rings is 1. The Bertz CT molecular complexity index is 929. The van der Waals surface area contributed by atoms with Gasteiger partial charge in [0.15, 0.2) is 9.84 Å². The number of ether oxygens (including phenoxy) is 1. The molecule has 0 radical (unpaired) electrons. The molecule has 9 heteroatoms. The number of imidazole rings is 1. The Kier molecular flexibility index (Phi) is 4.65. The monoisotopic (exact) mass is 390 g/mol. The van der Waals surface area contributed by atoms with Gasteiger partial charge in [-0.05, 0) is 18.2 Å². The number of fused-ring (bicyclic) bond motifs is 1. The third-order valence-corrected chi connectivity index (χ3v) is 7.00. The number of sulfone groups is 1. The molecule has 1 aromatic carbocycles. The maximum Gasteiger partial charge on any atom is 0.254 e. The molecule has 0 saturated carbocycles. The number of carbonyl (C=O) groups excluding carboxylic acids is 1. The summed E-state index contributed by atoms with van der Waals surface area (Å²) in [6, 6.07) is 6.43. The van der Waals surface area contributed by atoms with E-state index in [4.69, 9.17) is 4.74 Å². The number of amides is 1. The van der Waals surface area contributed by atoms with Crippen LogP contribution in [0.1, 0.15) is 16.1 Å². The summed E-state index contributed by atoms with van der Waals surface area (Å²) in [6.07, 6.45) is 3.35. The summed E-state index contributed by atoms with van der Waals surface area (Å²) in [4.78, 5) is 24.0. The van der Waals surface area contributed by atoms with Gasteiger partial charge in [-0.2, -0.15) is 0 Å². The second kappa shape index (κ2) is 6.97. The van der Waals surface area contributed by atoms with E-state index in [9.17, 15) is 13.2 Å². The molecule has 2 unspecified atom stereocenters. The highest BCUT2D eigenvalue weighted by Gasteiger charge is 2.48. The van der Waals surface area contributed by atoms with Crippen LogP contribution in [0.4, 0.5) is 0 Å². The molecule has 2 aromatic rings. The van der Waals surface area contributed by atoms with Gasteiger partial charge in [-0.25, -0.2) is 13.4 Å². The molecule has 8 nitrogen and oxygen atoms in total. The van der Waals surface area contributed by atoms with Gasteiger partial charge in [-0.1, -0.05) is 6.07 Å². The molecule has 1 amide bonds. The van der Waals surface area contributed by atoms with Crippen molar-refractivity contribution in [1.29, 1.82) is 0 Å². The van der Waals surface area contributed by atoms with Gasteiger partial charge >= 0.3 is 0 Å². The average Bonchev–Trinajstić information content (AvgIpc) is 3.28. The zero-order chi connectivity index (χ0) is 19.0. The summed E-state index contributed by atoms with van der Waals surface area (Å²) in [5.41, 5.74) is 1.45. The lowest BCUT2D eigenvalue weighted by Crippen LogP contribution is -2.60. The number of methoxy groups -OCH3 is 1. The molecular weight excluding hydrogens is 368 g/mol. The van der Waals surface area contributed by atoms with Crippen LogP contribution >= 0.6 is 0 Å². The van der Waals surface area contributed by atoms with Crippen molar-refractivity contribution in [2.24, 2.45) is 0 Å². The minimum atomic E-state index is -3.19. The molecule has 1 aromatic heterocycles. The average molecular weight is 390 g/mol. The molecule has 4 rings (SSSR count). The van der Waals surface area contributed by atoms with E-state index in [1.165, 1.54) is 0 Å². The van der Waals surface area contributed by atoms with Crippen LogP contribution < -0.4 is 4.74 Å². The normalized spacial score (nSPS) is 24.6. The number of nitrogens with zero attached hydrogens (tertiary/aromatic N) is 3. The first-order chi connectivity index (χ1) is 13.0. The van der Waals surface area contributed by atoms with Gasteiger partial charge in [0.25, 0.3) is 5.91 Å². The van der Waals surface area contributed by atoms with Crippen molar-refractivity contribution in [3.8, 4) is 5.75 Å². The third kappa shape index (κ3) is 3.57. The van der Waals surface area contributed by atoms with Crippen LogP contribution in [0.5, 0.6) is 5.75 Å². The highest BCUT2D eigenvalue weighted by Crippen LogP contribution is 2.29. The van der Waals surface area contributed by atoms with Gasteiger partial charge < -0.3 is 14.6 Å². The fraction of sp³-hybridized carbons (Fsp3) is 0.444. The van der Waals surface area contributed by atoms with E-state index in [1.807, 2.05) is 0 Å². The minimum Gasteiger partial charge on any atom is -0.497 e. The second-order valence-corrected chi connectivity index (χ2v) is 9.14. The van der Waals surface area contributed by atoms with Crippen molar-refractivity contribution in [3.63, 3.8) is 0 Å². The predicted octanol–water partition coefficient (Wildman–Crippen LogP) is 0.542. The largest absolute Gasteiger partial charge is 0.497 e. The molecule has 0 aliphatic carbocycles. The molecule has 144 valence electrons. The van der Waals surface area contributed by atoms with Crippen molar-refractivity contribution >= 4 is 15.7 Å². The maximum absolute atomic E-state index is 13.1. The maximum atomic E-state index is 13.1. The summed E-state index contributed by atoms with van der Waals surface area (Å²) >= 11 is 0. The standard InChI is InChI=1S/C18H22N4O4S/c1-26-15-4-2-3-13(7-15)18(23)22-6-5-21(9-14-8-19-12-20-14)16-10-27(24,25)11-17(16)22/h2-4,7-8,12,16-17H,5-6,9-11H2,1H3,(H,19,20). The van der Waals surface area contributed by atoms with Gasteiger partial charge in [0.2, 0.25) is 0 Å². The second-order valence-electron chi connectivity index (χ2n) is 6.99. The Morgan fingerprint density at radius 2 is 2.11 bits per heavy atom. The minimum absolute atomic E-state index is 0.00680. The Labute approximate surface area is 158 Å². The van der Waals surface area contributed by atoms with Crippen molar-refractivity contribution < 1.29 is 17.9 Å². The number of aromatic nitrogens is 2. The van der Waals surface area contributed by atoms with Gasteiger partial charge in [0.1, 0.15) is 5.75 Å². The van der Waals surface area contributed by atoms with Crippen LogP contribution in [-0.4, -0.2) is 77.9 Å². The predicted molar refractivity (Wildman–Crippen MR) is 99.3 cm³/mol.